The Bertz CT molecular complexity index is 546. The summed E-state index contributed by atoms with van der Waals surface area (Å²) in [6.07, 6.45) is 0. The summed E-state index contributed by atoms with van der Waals surface area (Å²) in [5.74, 6) is 1.28. The normalized spacial score (nSPS) is 12.0. The van der Waals surface area contributed by atoms with Crippen molar-refractivity contribution >= 4 is 28.6 Å². The maximum Gasteiger partial charge on any atom is 0.143 e. The van der Waals surface area contributed by atoms with Crippen molar-refractivity contribution in [1.82, 2.24) is 4.98 Å². The summed E-state index contributed by atoms with van der Waals surface area (Å²) in [5.41, 5.74) is 3.62. The number of thiazole rings is 1. The topological polar surface area (TPSA) is 43.4 Å². The average molecular weight is 299 g/mol. The van der Waals surface area contributed by atoms with Crippen LogP contribution in [0.15, 0.2) is 23.0 Å². The molecule has 0 aliphatic heterocycles. The molecule has 19 heavy (non-hydrogen) atoms. The number of anilines is 1. The fourth-order valence-electron chi connectivity index (χ4n) is 1.72. The Labute approximate surface area is 121 Å². The van der Waals surface area contributed by atoms with Crippen LogP contribution in [-0.2, 0) is 0 Å². The van der Waals surface area contributed by atoms with Crippen LogP contribution in [0.4, 0.5) is 5.69 Å². The van der Waals surface area contributed by atoms with E-state index in [0.29, 0.717) is 16.5 Å². The van der Waals surface area contributed by atoms with Crippen molar-refractivity contribution in [3.05, 3.63) is 33.7 Å². The van der Waals surface area contributed by atoms with Crippen LogP contribution < -0.4 is 14.8 Å². The Morgan fingerprint density at radius 3 is 2.58 bits per heavy atom. The summed E-state index contributed by atoms with van der Waals surface area (Å²) in [7, 11) is 3.19. The SMILES string of the molecule is COc1cc(NC(C)c2cscn2)c(OC)cc1Cl. The Balaban J connectivity index is 2.28. The van der Waals surface area contributed by atoms with Crippen LogP contribution in [-0.4, -0.2) is 19.2 Å². The van der Waals surface area contributed by atoms with Crippen LogP contribution in [0.3, 0.4) is 0 Å². The van der Waals surface area contributed by atoms with E-state index >= 15 is 0 Å². The zero-order chi connectivity index (χ0) is 13.8. The van der Waals surface area contributed by atoms with E-state index < -0.39 is 0 Å². The van der Waals surface area contributed by atoms with Gasteiger partial charge >= 0.3 is 0 Å². The van der Waals surface area contributed by atoms with Crippen LogP contribution in [0.5, 0.6) is 11.5 Å². The van der Waals surface area contributed by atoms with Crippen molar-refractivity contribution < 1.29 is 9.47 Å². The zero-order valence-electron chi connectivity index (χ0n) is 10.9. The molecule has 0 radical (unpaired) electrons. The molecule has 0 saturated heterocycles. The van der Waals surface area contributed by atoms with Gasteiger partial charge in [0.2, 0.25) is 0 Å². The van der Waals surface area contributed by atoms with Gasteiger partial charge in [0.1, 0.15) is 11.5 Å². The first-order chi connectivity index (χ1) is 9.15. The number of methoxy groups -OCH3 is 2. The minimum atomic E-state index is 0.0750. The molecule has 102 valence electrons. The van der Waals surface area contributed by atoms with Crippen molar-refractivity contribution in [2.75, 3.05) is 19.5 Å². The molecule has 4 nitrogen and oxygen atoms in total. The van der Waals surface area contributed by atoms with E-state index in [4.69, 9.17) is 21.1 Å². The van der Waals surface area contributed by atoms with Gasteiger partial charge in [-0.3, -0.25) is 0 Å². The summed E-state index contributed by atoms with van der Waals surface area (Å²) in [4.78, 5) is 4.29. The fourth-order valence-corrected chi connectivity index (χ4v) is 2.59. The Morgan fingerprint density at radius 2 is 2.00 bits per heavy atom. The Kier molecular flexibility index (Phi) is 4.50. The zero-order valence-corrected chi connectivity index (χ0v) is 12.5. The molecule has 0 saturated carbocycles. The highest BCUT2D eigenvalue weighted by Gasteiger charge is 2.13. The summed E-state index contributed by atoms with van der Waals surface area (Å²) < 4.78 is 10.5. The third-order valence-electron chi connectivity index (χ3n) is 2.74. The predicted octanol–water partition coefficient (Wildman–Crippen LogP) is 3.99. The number of benzene rings is 1. The highest BCUT2D eigenvalue weighted by atomic mass is 35.5. The number of ether oxygens (including phenoxy) is 2. The molecule has 0 amide bonds. The first kappa shape index (κ1) is 14.0. The van der Waals surface area contributed by atoms with Crippen LogP contribution in [0.1, 0.15) is 18.7 Å². The van der Waals surface area contributed by atoms with E-state index in [9.17, 15) is 0 Å². The first-order valence-corrected chi connectivity index (χ1v) is 7.04. The van der Waals surface area contributed by atoms with Crippen LogP contribution in [0.25, 0.3) is 0 Å². The molecule has 1 N–H and O–H groups in total. The van der Waals surface area contributed by atoms with Gasteiger partial charge in [0, 0.05) is 17.5 Å². The smallest absolute Gasteiger partial charge is 0.143 e. The minimum Gasteiger partial charge on any atom is -0.495 e. The number of hydrogen-bond acceptors (Lipinski definition) is 5. The molecule has 1 aromatic heterocycles. The van der Waals surface area contributed by atoms with Gasteiger partial charge in [-0.15, -0.1) is 11.3 Å². The largest absolute Gasteiger partial charge is 0.495 e. The molecule has 1 atom stereocenters. The highest BCUT2D eigenvalue weighted by molar-refractivity contribution is 7.07. The van der Waals surface area contributed by atoms with E-state index in [1.54, 1.807) is 31.6 Å². The molecular weight excluding hydrogens is 284 g/mol. The monoisotopic (exact) mass is 298 g/mol. The van der Waals surface area contributed by atoms with Crippen LogP contribution >= 0.6 is 22.9 Å². The number of halogens is 1. The lowest BCUT2D eigenvalue weighted by Gasteiger charge is -2.17. The number of rotatable bonds is 5. The number of aromatic nitrogens is 1. The first-order valence-electron chi connectivity index (χ1n) is 5.72. The summed E-state index contributed by atoms with van der Waals surface area (Å²) in [6, 6.07) is 3.63. The van der Waals surface area contributed by atoms with Gasteiger partial charge in [0.25, 0.3) is 0 Å². The predicted molar refractivity (Wildman–Crippen MR) is 78.7 cm³/mol. The number of nitrogens with one attached hydrogen (secondary N) is 1. The molecule has 0 spiro atoms. The van der Waals surface area contributed by atoms with Gasteiger partial charge in [-0.05, 0) is 6.92 Å². The fraction of sp³-hybridized carbons (Fsp3) is 0.308. The summed E-state index contributed by atoms with van der Waals surface area (Å²) >= 11 is 7.64. The third-order valence-corrected chi connectivity index (χ3v) is 3.64. The number of hydrogen-bond donors (Lipinski definition) is 1. The summed E-state index contributed by atoms with van der Waals surface area (Å²) in [6.45, 7) is 2.04. The van der Waals surface area contributed by atoms with Crippen LogP contribution in [0, 0.1) is 0 Å². The molecule has 2 aromatic rings. The Hall–Kier alpha value is -1.46. The van der Waals surface area contributed by atoms with Gasteiger partial charge in [0.05, 0.1) is 42.2 Å². The second-order valence-corrected chi connectivity index (χ2v) is 5.09. The number of nitrogens with zero attached hydrogens (tertiary/aromatic N) is 1. The maximum atomic E-state index is 6.07. The molecule has 0 fully saturated rings. The van der Waals surface area contributed by atoms with Crippen molar-refractivity contribution in [3.63, 3.8) is 0 Å². The van der Waals surface area contributed by atoms with E-state index in [2.05, 4.69) is 10.3 Å². The highest BCUT2D eigenvalue weighted by Crippen LogP contribution is 2.37. The van der Waals surface area contributed by atoms with Gasteiger partial charge in [-0.1, -0.05) is 11.6 Å². The standard InChI is InChI=1S/C13H15ClN2O2S/c1-8(11-6-19-7-15-11)16-10-5-12(17-2)9(14)4-13(10)18-3/h4-8,16H,1-3H3. The molecule has 1 heterocycles. The van der Waals surface area contributed by atoms with E-state index in [-0.39, 0.29) is 6.04 Å². The van der Waals surface area contributed by atoms with Crippen molar-refractivity contribution in [2.45, 2.75) is 13.0 Å². The third kappa shape index (κ3) is 3.11. The maximum absolute atomic E-state index is 6.07. The van der Waals surface area contributed by atoms with Crippen molar-refractivity contribution in [2.24, 2.45) is 0 Å². The van der Waals surface area contributed by atoms with Crippen LogP contribution in [0.2, 0.25) is 5.02 Å². The van der Waals surface area contributed by atoms with Crippen molar-refractivity contribution in [1.29, 1.82) is 0 Å². The van der Waals surface area contributed by atoms with Gasteiger partial charge < -0.3 is 14.8 Å². The molecule has 1 aromatic carbocycles. The summed E-state index contributed by atoms with van der Waals surface area (Å²) in [5, 5.41) is 5.88. The lowest BCUT2D eigenvalue weighted by molar-refractivity contribution is 0.404. The van der Waals surface area contributed by atoms with Gasteiger partial charge in [-0.25, -0.2) is 4.98 Å². The molecule has 0 bridgehead atoms. The second-order valence-electron chi connectivity index (χ2n) is 3.97. The van der Waals surface area contributed by atoms with Gasteiger partial charge in [0.15, 0.2) is 0 Å². The van der Waals surface area contributed by atoms with Gasteiger partial charge in [-0.2, -0.15) is 0 Å². The lowest BCUT2D eigenvalue weighted by Crippen LogP contribution is -2.08. The van der Waals surface area contributed by atoms with E-state index in [0.717, 1.165) is 11.4 Å². The Morgan fingerprint density at radius 1 is 1.26 bits per heavy atom. The van der Waals surface area contributed by atoms with Crippen molar-refractivity contribution in [3.8, 4) is 11.5 Å². The molecule has 6 heteroatoms. The molecule has 1 unspecified atom stereocenters. The quantitative estimate of drug-likeness (QED) is 0.906. The molecule has 2 rings (SSSR count). The molecule has 0 aliphatic carbocycles. The lowest BCUT2D eigenvalue weighted by atomic mass is 10.2. The molecular formula is C13H15ClN2O2S. The minimum absolute atomic E-state index is 0.0750. The van der Waals surface area contributed by atoms with E-state index in [1.165, 1.54) is 0 Å². The molecule has 0 aliphatic rings. The van der Waals surface area contributed by atoms with E-state index in [1.807, 2.05) is 23.9 Å². The average Bonchev–Trinajstić information content (AvgIpc) is 2.94. The second kappa shape index (κ2) is 6.12.